The highest BCUT2D eigenvalue weighted by Gasteiger charge is 2.41. The van der Waals surface area contributed by atoms with Gasteiger partial charge in [-0.2, -0.15) is 0 Å². The third-order valence-corrected chi connectivity index (χ3v) is 7.51. The Morgan fingerprint density at radius 2 is 1.15 bits per heavy atom. The molecule has 0 aliphatic carbocycles. The molecule has 1 unspecified atom stereocenters. The van der Waals surface area contributed by atoms with Gasteiger partial charge in [0.1, 0.15) is 0 Å². The van der Waals surface area contributed by atoms with Crippen molar-refractivity contribution in [1.82, 2.24) is 0 Å². The van der Waals surface area contributed by atoms with Crippen LogP contribution in [-0.2, 0) is 19.1 Å². The van der Waals surface area contributed by atoms with Gasteiger partial charge in [0.2, 0.25) is 4.99 Å². The van der Waals surface area contributed by atoms with Crippen molar-refractivity contribution in [3.05, 3.63) is 0 Å². The number of rotatable bonds is 22. The van der Waals surface area contributed by atoms with Crippen molar-refractivity contribution in [3.63, 3.8) is 0 Å². The standard InChI is InChI=1S/C27H52NO4S2/c1-5-9-13-15-19-28(34,20-16-14-10-6-2)26(33)24(27(30)32-22-18-12-8-4)23-25(29)31-21-17-11-7-3/h24,34H,5-23H2,1-4H3/q+1. The van der Waals surface area contributed by atoms with Gasteiger partial charge in [-0.3, -0.25) is 9.59 Å². The van der Waals surface area contributed by atoms with Crippen LogP contribution in [0.25, 0.3) is 0 Å². The lowest BCUT2D eigenvalue weighted by Gasteiger charge is -2.34. The summed E-state index contributed by atoms with van der Waals surface area (Å²) in [5, 5.41) is 0. The van der Waals surface area contributed by atoms with Crippen molar-refractivity contribution in [2.45, 2.75) is 124 Å². The number of ether oxygens (including phenoxy) is 2. The maximum Gasteiger partial charge on any atom is 0.320 e. The average molecular weight is 519 g/mol. The van der Waals surface area contributed by atoms with E-state index in [1.807, 2.05) is 0 Å². The van der Waals surface area contributed by atoms with Crippen LogP contribution in [0.4, 0.5) is 0 Å². The molecule has 0 saturated carbocycles. The number of thiocarbonyl (C=S) groups is 1. The fourth-order valence-electron chi connectivity index (χ4n) is 3.88. The first-order chi connectivity index (χ1) is 16.4. The SMILES string of the molecule is CCCCCC[N+](S)(CCCCCC)C(=S)C(CC(=O)OCCCCC)C(=O)OCCCCC. The Morgan fingerprint density at radius 3 is 1.62 bits per heavy atom. The quantitative estimate of drug-likeness (QED) is 0.0525. The molecule has 0 spiro atoms. The van der Waals surface area contributed by atoms with E-state index in [4.69, 9.17) is 34.5 Å². The number of hydrogen-bond acceptors (Lipinski definition) is 6. The zero-order chi connectivity index (χ0) is 25.7. The molecule has 0 heterocycles. The molecule has 0 N–H and O–H groups in total. The number of thiol groups is 1. The van der Waals surface area contributed by atoms with E-state index in [2.05, 4.69) is 27.7 Å². The maximum atomic E-state index is 13.1. The molecule has 1 atom stereocenters. The molecule has 34 heavy (non-hydrogen) atoms. The fourth-order valence-corrected chi connectivity index (χ4v) is 4.67. The van der Waals surface area contributed by atoms with E-state index < -0.39 is 11.9 Å². The third kappa shape index (κ3) is 15.4. The van der Waals surface area contributed by atoms with Gasteiger partial charge in [0.15, 0.2) is 5.92 Å². The lowest BCUT2D eigenvalue weighted by Crippen LogP contribution is -2.50. The van der Waals surface area contributed by atoms with E-state index in [1.165, 1.54) is 12.8 Å². The summed E-state index contributed by atoms with van der Waals surface area (Å²) in [5.74, 6) is -1.60. The van der Waals surface area contributed by atoms with Gasteiger partial charge in [-0.05, 0) is 50.7 Å². The van der Waals surface area contributed by atoms with E-state index in [-0.39, 0.29) is 16.3 Å². The van der Waals surface area contributed by atoms with Gasteiger partial charge in [0.05, 0.1) is 45.5 Å². The zero-order valence-corrected chi connectivity index (χ0v) is 24.2. The van der Waals surface area contributed by atoms with Crippen molar-refractivity contribution < 1.29 is 23.0 Å². The average Bonchev–Trinajstić information content (AvgIpc) is 2.83. The molecule has 0 fully saturated rings. The van der Waals surface area contributed by atoms with Crippen LogP contribution in [0, 0.1) is 5.92 Å². The Balaban J connectivity index is 5.43. The summed E-state index contributed by atoms with van der Waals surface area (Å²) in [6, 6.07) is 0. The second-order valence-electron chi connectivity index (χ2n) is 9.39. The summed E-state index contributed by atoms with van der Waals surface area (Å²) in [6.45, 7) is 10.9. The Kier molecular flexibility index (Phi) is 21.2. The van der Waals surface area contributed by atoms with E-state index in [9.17, 15) is 9.59 Å². The molecule has 0 saturated heterocycles. The first-order valence-corrected chi connectivity index (χ1v) is 14.6. The van der Waals surface area contributed by atoms with Crippen LogP contribution >= 0.6 is 25.0 Å². The summed E-state index contributed by atoms with van der Waals surface area (Å²) in [5.41, 5.74) is 0. The summed E-state index contributed by atoms with van der Waals surface area (Å²) in [4.78, 5) is 26.2. The molecule has 0 bridgehead atoms. The molecule has 0 amide bonds. The summed E-state index contributed by atoms with van der Waals surface area (Å²) in [6.07, 6.45) is 14.6. The van der Waals surface area contributed by atoms with Crippen LogP contribution in [0.1, 0.15) is 124 Å². The molecule has 0 aromatic rings. The minimum Gasteiger partial charge on any atom is -0.466 e. The number of quaternary nitrogens is 1. The van der Waals surface area contributed by atoms with Gasteiger partial charge >= 0.3 is 11.9 Å². The predicted molar refractivity (Wildman–Crippen MR) is 149 cm³/mol. The normalized spacial score (nSPS) is 12.4. The van der Waals surface area contributed by atoms with Crippen LogP contribution in [-0.4, -0.2) is 47.1 Å². The van der Waals surface area contributed by atoms with Crippen LogP contribution in [0.2, 0.25) is 0 Å². The molecular weight excluding hydrogens is 466 g/mol. The largest absolute Gasteiger partial charge is 0.466 e. The third-order valence-electron chi connectivity index (χ3n) is 6.13. The Morgan fingerprint density at radius 1 is 0.706 bits per heavy atom. The smallest absolute Gasteiger partial charge is 0.320 e. The molecule has 0 aromatic heterocycles. The van der Waals surface area contributed by atoms with E-state index in [1.54, 1.807) is 0 Å². The lowest BCUT2D eigenvalue weighted by atomic mass is 10.0. The number of hydrogen-bond donors (Lipinski definition) is 1. The summed E-state index contributed by atoms with van der Waals surface area (Å²) < 4.78 is 11.2. The second kappa shape index (κ2) is 21.6. The van der Waals surface area contributed by atoms with E-state index in [0.29, 0.717) is 18.2 Å². The second-order valence-corrected chi connectivity index (χ2v) is 10.6. The van der Waals surface area contributed by atoms with Crippen LogP contribution < -0.4 is 0 Å². The first kappa shape index (κ1) is 33.3. The van der Waals surface area contributed by atoms with Crippen LogP contribution in [0.5, 0.6) is 0 Å². The molecule has 7 heteroatoms. The fraction of sp³-hybridized carbons (Fsp3) is 0.889. The highest BCUT2D eigenvalue weighted by atomic mass is 32.1. The van der Waals surface area contributed by atoms with Crippen molar-refractivity contribution in [3.8, 4) is 0 Å². The zero-order valence-electron chi connectivity index (χ0n) is 22.4. The number of esters is 2. The first-order valence-electron chi connectivity index (χ1n) is 13.8. The topological polar surface area (TPSA) is 52.6 Å². The Hall–Kier alpha value is -0.660. The molecule has 200 valence electrons. The highest BCUT2D eigenvalue weighted by Crippen LogP contribution is 2.26. The molecule has 0 aromatic carbocycles. The van der Waals surface area contributed by atoms with Crippen molar-refractivity contribution in [2.75, 3.05) is 26.3 Å². The van der Waals surface area contributed by atoms with Gasteiger partial charge in [-0.1, -0.05) is 79.1 Å². The summed E-state index contributed by atoms with van der Waals surface area (Å²) in [7, 11) is 0. The van der Waals surface area contributed by atoms with E-state index in [0.717, 1.165) is 90.1 Å². The highest BCUT2D eigenvalue weighted by molar-refractivity contribution is 7.82. The lowest BCUT2D eigenvalue weighted by molar-refractivity contribution is -0.696. The van der Waals surface area contributed by atoms with Gasteiger partial charge in [-0.15, -0.1) is 0 Å². The molecular formula is C27H52NO4S2+. The van der Waals surface area contributed by atoms with Crippen molar-refractivity contribution in [1.29, 1.82) is 0 Å². The van der Waals surface area contributed by atoms with Crippen molar-refractivity contribution in [2.24, 2.45) is 5.92 Å². The number of carbonyl (C=O) groups excluding carboxylic acids is 2. The van der Waals surface area contributed by atoms with Gasteiger partial charge in [-0.25, -0.2) is 3.89 Å². The monoisotopic (exact) mass is 518 g/mol. The Bertz CT molecular complexity index is 545. The molecule has 0 radical (unpaired) electrons. The number of carbonyl (C=O) groups is 2. The van der Waals surface area contributed by atoms with E-state index >= 15 is 0 Å². The minimum absolute atomic E-state index is 0.0674. The molecule has 0 aliphatic heterocycles. The van der Waals surface area contributed by atoms with Gasteiger partial charge < -0.3 is 9.47 Å². The van der Waals surface area contributed by atoms with Gasteiger partial charge in [0.25, 0.3) is 0 Å². The number of unbranched alkanes of at least 4 members (excludes halogenated alkanes) is 10. The van der Waals surface area contributed by atoms with Crippen LogP contribution in [0.3, 0.4) is 0 Å². The predicted octanol–water partition coefficient (Wildman–Crippen LogP) is 7.61. The van der Waals surface area contributed by atoms with Crippen LogP contribution in [0.15, 0.2) is 0 Å². The van der Waals surface area contributed by atoms with Crippen molar-refractivity contribution >= 4 is 42.0 Å². The maximum absolute atomic E-state index is 13.1. The minimum atomic E-state index is -0.801. The number of nitrogens with zero attached hydrogens (tertiary/aromatic N) is 1. The molecule has 0 rings (SSSR count). The summed E-state index contributed by atoms with van der Waals surface area (Å²) >= 11 is 10.9. The Labute approximate surface area is 220 Å². The van der Waals surface area contributed by atoms with Gasteiger partial charge in [0, 0.05) is 0 Å². The molecule has 0 aliphatic rings. The molecule has 5 nitrogen and oxygen atoms in total.